The SMILES string of the molecule is C=CC.C=CC=C.c1ccc(C2(c3ccccc3)c3ccccc3-c3ccc(-c4cccc(-c5cccc6c5oc5ccccc56)c4)cc32)cc1. The first kappa shape index (κ1) is 33.1. The lowest BCUT2D eigenvalue weighted by Gasteiger charge is -2.34. The summed E-state index contributed by atoms with van der Waals surface area (Å²) in [7, 11) is 0. The van der Waals surface area contributed by atoms with Crippen molar-refractivity contribution >= 4 is 21.9 Å². The van der Waals surface area contributed by atoms with Crippen molar-refractivity contribution in [3.8, 4) is 33.4 Å². The topological polar surface area (TPSA) is 13.1 Å². The molecule has 0 spiro atoms. The maximum Gasteiger partial charge on any atom is 0.143 e. The first-order chi connectivity index (χ1) is 25.1. The number of allylic oxidation sites excluding steroid dienone is 3. The Labute approximate surface area is 301 Å². The van der Waals surface area contributed by atoms with Crippen LogP contribution in [0.3, 0.4) is 0 Å². The van der Waals surface area contributed by atoms with Gasteiger partial charge in [0.1, 0.15) is 11.2 Å². The molecule has 1 aliphatic carbocycles. The lowest BCUT2D eigenvalue weighted by molar-refractivity contribution is 0.670. The van der Waals surface area contributed by atoms with Crippen LogP contribution in [0.4, 0.5) is 0 Å². The second-order valence-electron chi connectivity index (χ2n) is 12.5. The van der Waals surface area contributed by atoms with E-state index >= 15 is 0 Å². The molecule has 9 rings (SSSR count). The van der Waals surface area contributed by atoms with Crippen molar-refractivity contribution in [2.45, 2.75) is 12.3 Å². The highest BCUT2D eigenvalue weighted by molar-refractivity contribution is 6.09. The van der Waals surface area contributed by atoms with Crippen molar-refractivity contribution in [1.82, 2.24) is 0 Å². The van der Waals surface area contributed by atoms with E-state index < -0.39 is 5.41 Å². The highest BCUT2D eigenvalue weighted by Crippen LogP contribution is 2.56. The van der Waals surface area contributed by atoms with Gasteiger partial charge in [0.25, 0.3) is 0 Å². The van der Waals surface area contributed by atoms with E-state index in [1.54, 1.807) is 18.2 Å². The first-order valence-corrected chi connectivity index (χ1v) is 17.3. The third kappa shape index (κ3) is 5.83. The van der Waals surface area contributed by atoms with E-state index in [-0.39, 0.29) is 0 Å². The molecule has 7 aromatic carbocycles. The molecule has 0 radical (unpaired) electrons. The minimum Gasteiger partial charge on any atom is -0.455 e. The molecule has 1 aliphatic rings. The molecule has 51 heavy (non-hydrogen) atoms. The van der Waals surface area contributed by atoms with Crippen LogP contribution in [-0.4, -0.2) is 0 Å². The Bertz CT molecular complexity index is 2430. The predicted octanol–water partition coefficient (Wildman–Crippen LogP) is 13.8. The number of hydrogen-bond donors (Lipinski definition) is 0. The third-order valence-corrected chi connectivity index (χ3v) is 9.54. The fraction of sp³-hybridized carbons (Fsp3) is 0.0400. The van der Waals surface area contributed by atoms with Gasteiger partial charge in [-0.25, -0.2) is 0 Å². The van der Waals surface area contributed by atoms with Crippen LogP contribution in [0, 0.1) is 0 Å². The van der Waals surface area contributed by atoms with E-state index in [0.717, 1.165) is 33.1 Å². The number of fused-ring (bicyclic) bond motifs is 6. The third-order valence-electron chi connectivity index (χ3n) is 9.54. The standard InChI is InChI=1S/C43H28O.C4H6.C3H6/c1-3-15-32(16-4-1)43(33-17-5-2-6-18-33)39-23-9-7-19-35(39)36-26-25-30(28-40(36)43)29-13-11-14-31(27-29)34-21-12-22-38-37-20-8-10-24-41(37)44-42(34)38;1-3-4-2;1-3-2/h1-28H;3-4H,1-2H2;3H,1H2,2H3. The van der Waals surface area contributed by atoms with Gasteiger partial charge in [-0.3, -0.25) is 0 Å². The van der Waals surface area contributed by atoms with Gasteiger partial charge in [0.05, 0.1) is 5.41 Å². The van der Waals surface area contributed by atoms with Gasteiger partial charge < -0.3 is 4.42 Å². The van der Waals surface area contributed by atoms with Gasteiger partial charge in [-0.15, -0.1) is 6.58 Å². The Balaban J connectivity index is 0.000000537. The van der Waals surface area contributed by atoms with Crippen LogP contribution in [0.15, 0.2) is 212 Å². The maximum absolute atomic E-state index is 6.41. The molecule has 0 saturated carbocycles. The summed E-state index contributed by atoms with van der Waals surface area (Å²) in [5.41, 5.74) is 13.9. The maximum atomic E-state index is 6.41. The Hall–Kier alpha value is -6.44. The van der Waals surface area contributed by atoms with Crippen molar-refractivity contribution in [2.24, 2.45) is 0 Å². The summed E-state index contributed by atoms with van der Waals surface area (Å²) in [6.45, 7) is 12.0. The van der Waals surface area contributed by atoms with Gasteiger partial charge in [-0.1, -0.05) is 183 Å². The largest absolute Gasteiger partial charge is 0.455 e. The van der Waals surface area contributed by atoms with Crippen LogP contribution < -0.4 is 0 Å². The molecule has 0 atom stereocenters. The molecule has 0 N–H and O–H groups in total. The highest BCUT2D eigenvalue weighted by atomic mass is 16.3. The normalized spacial score (nSPS) is 12.0. The molecule has 0 unspecified atom stereocenters. The molecule has 1 aromatic heterocycles. The Morgan fingerprint density at radius 1 is 0.451 bits per heavy atom. The summed E-state index contributed by atoms with van der Waals surface area (Å²) in [6.07, 6.45) is 5.03. The van der Waals surface area contributed by atoms with Crippen molar-refractivity contribution < 1.29 is 4.42 Å². The van der Waals surface area contributed by atoms with Crippen LogP contribution in [0.2, 0.25) is 0 Å². The van der Waals surface area contributed by atoms with Gasteiger partial charge in [0.2, 0.25) is 0 Å². The van der Waals surface area contributed by atoms with E-state index in [1.807, 2.05) is 19.1 Å². The molecular weight excluding hydrogens is 617 g/mol. The molecule has 0 bridgehead atoms. The van der Waals surface area contributed by atoms with Crippen LogP contribution in [0.25, 0.3) is 55.3 Å². The molecule has 0 fully saturated rings. The zero-order chi connectivity index (χ0) is 35.2. The zero-order valence-corrected chi connectivity index (χ0v) is 28.9. The summed E-state index contributed by atoms with van der Waals surface area (Å²) < 4.78 is 6.41. The minimum absolute atomic E-state index is 0.415. The van der Waals surface area contributed by atoms with E-state index in [2.05, 4.69) is 177 Å². The number of benzene rings is 7. The van der Waals surface area contributed by atoms with E-state index in [0.29, 0.717) is 0 Å². The predicted molar refractivity (Wildman–Crippen MR) is 218 cm³/mol. The Morgan fingerprint density at radius 3 is 1.69 bits per heavy atom. The van der Waals surface area contributed by atoms with Crippen molar-refractivity contribution in [3.05, 3.63) is 230 Å². The Morgan fingerprint density at radius 2 is 0.980 bits per heavy atom. The smallest absolute Gasteiger partial charge is 0.143 e. The molecule has 1 heteroatoms. The van der Waals surface area contributed by atoms with E-state index in [1.165, 1.54) is 44.5 Å². The molecule has 8 aromatic rings. The number of hydrogen-bond acceptors (Lipinski definition) is 1. The molecule has 0 amide bonds. The van der Waals surface area contributed by atoms with E-state index in [9.17, 15) is 0 Å². The molecule has 1 heterocycles. The van der Waals surface area contributed by atoms with Crippen LogP contribution in [0.1, 0.15) is 29.2 Å². The summed E-state index contributed by atoms with van der Waals surface area (Å²) in [5, 5.41) is 2.30. The van der Waals surface area contributed by atoms with Crippen molar-refractivity contribution in [1.29, 1.82) is 0 Å². The summed E-state index contributed by atoms with van der Waals surface area (Å²) in [4.78, 5) is 0. The van der Waals surface area contributed by atoms with Crippen LogP contribution >= 0.6 is 0 Å². The summed E-state index contributed by atoms with van der Waals surface area (Å²) in [6, 6.07) is 61.5. The van der Waals surface area contributed by atoms with Gasteiger partial charge in [0, 0.05) is 16.3 Å². The fourth-order valence-corrected chi connectivity index (χ4v) is 7.46. The fourth-order valence-electron chi connectivity index (χ4n) is 7.46. The van der Waals surface area contributed by atoms with Gasteiger partial charge in [-0.2, -0.15) is 0 Å². The van der Waals surface area contributed by atoms with Crippen molar-refractivity contribution in [2.75, 3.05) is 0 Å². The highest BCUT2D eigenvalue weighted by Gasteiger charge is 2.46. The molecule has 1 nitrogen and oxygen atoms in total. The molecule has 246 valence electrons. The number of furan rings is 1. The van der Waals surface area contributed by atoms with Crippen LogP contribution in [0.5, 0.6) is 0 Å². The second-order valence-corrected chi connectivity index (χ2v) is 12.5. The number of rotatable bonds is 5. The molecule has 0 saturated heterocycles. The lowest BCUT2D eigenvalue weighted by atomic mass is 9.67. The second kappa shape index (κ2) is 14.6. The Kier molecular flexibility index (Phi) is 9.46. The zero-order valence-electron chi connectivity index (χ0n) is 28.9. The molecule has 0 aliphatic heterocycles. The van der Waals surface area contributed by atoms with Gasteiger partial charge in [0.15, 0.2) is 0 Å². The summed E-state index contributed by atoms with van der Waals surface area (Å²) in [5.74, 6) is 0. The summed E-state index contributed by atoms with van der Waals surface area (Å²) >= 11 is 0. The van der Waals surface area contributed by atoms with Crippen molar-refractivity contribution in [3.63, 3.8) is 0 Å². The first-order valence-electron chi connectivity index (χ1n) is 17.3. The van der Waals surface area contributed by atoms with Crippen LogP contribution in [-0.2, 0) is 5.41 Å². The molecular formula is C50H40O. The lowest BCUT2D eigenvalue weighted by Crippen LogP contribution is -2.28. The minimum atomic E-state index is -0.415. The van der Waals surface area contributed by atoms with Gasteiger partial charge in [-0.05, 0) is 75.2 Å². The quantitative estimate of drug-likeness (QED) is 0.133. The van der Waals surface area contributed by atoms with E-state index in [4.69, 9.17) is 4.42 Å². The van der Waals surface area contributed by atoms with Gasteiger partial charge >= 0.3 is 0 Å². The monoisotopic (exact) mass is 656 g/mol. The average Bonchev–Trinajstić information content (AvgIpc) is 3.73. The number of para-hydroxylation sites is 2. The average molecular weight is 657 g/mol.